The molecule has 0 saturated carbocycles. The lowest BCUT2D eigenvalue weighted by molar-refractivity contribution is 0.168. The molecule has 0 fully saturated rings. The Morgan fingerprint density at radius 3 is 2.64 bits per heavy atom. The molecule has 0 heterocycles. The summed E-state index contributed by atoms with van der Waals surface area (Å²) in [6.45, 7) is 0.456. The minimum Gasteiger partial charge on any atom is -0.508 e. The van der Waals surface area contributed by atoms with Crippen molar-refractivity contribution in [3.63, 3.8) is 0 Å². The number of benzene rings is 1. The summed E-state index contributed by atoms with van der Waals surface area (Å²) in [6.07, 6.45) is 0.628. The summed E-state index contributed by atoms with van der Waals surface area (Å²) < 4.78 is 0. The molecule has 0 bridgehead atoms. The topological polar surface area (TPSA) is 52.5 Å². The zero-order chi connectivity index (χ0) is 8.10. The average Bonchev–Trinajstić information content (AvgIpc) is 2.03. The quantitative estimate of drug-likeness (QED) is 0.566. The van der Waals surface area contributed by atoms with Crippen molar-refractivity contribution in [1.29, 1.82) is 0 Å². The molecule has 11 heavy (non-hydrogen) atoms. The Labute approximate surface area is 65.3 Å². The first-order valence-electron chi connectivity index (χ1n) is 3.48. The van der Waals surface area contributed by atoms with E-state index in [9.17, 15) is 5.11 Å². The third-order valence-electron chi connectivity index (χ3n) is 1.50. The molecule has 0 spiro atoms. The maximum absolute atomic E-state index is 9.23. The Balaban J connectivity index is 2.62. The van der Waals surface area contributed by atoms with Crippen LogP contribution in [0, 0.1) is 0 Å². The third-order valence-corrected chi connectivity index (χ3v) is 1.50. The molecule has 0 saturated heterocycles. The molecular formula is C8H11NO2. The van der Waals surface area contributed by atoms with Crippen LogP contribution in [-0.2, 0) is 6.42 Å². The number of hydrogen-bond donors (Lipinski definition) is 3. The Hall–Kier alpha value is -1.06. The lowest BCUT2D eigenvalue weighted by Gasteiger charge is -2.01. The van der Waals surface area contributed by atoms with E-state index in [0.717, 1.165) is 5.56 Å². The summed E-state index contributed by atoms with van der Waals surface area (Å²) in [5.74, 6) is 0.280. The molecule has 3 nitrogen and oxygen atoms in total. The summed E-state index contributed by atoms with van der Waals surface area (Å²) >= 11 is 0. The molecule has 0 unspecified atom stereocenters. The highest BCUT2D eigenvalue weighted by atomic mass is 16.5. The van der Waals surface area contributed by atoms with Crippen LogP contribution in [0.25, 0.3) is 0 Å². The maximum atomic E-state index is 9.23. The second-order valence-corrected chi connectivity index (χ2v) is 2.29. The van der Waals surface area contributed by atoms with Crippen molar-refractivity contribution in [2.24, 2.45) is 0 Å². The Morgan fingerprint density at radius 1 is 1.27 bits per heavy atom. The SMILES string of the molecule is ONCCc1ccccc1O. The van der Waals surface area contributed by atoms with Crippen molar-refractivity contribution in [1.82, 2.24) is 5.48 Å². The van der Waals surface area contributed by atoms with Crippen LogP contribution in [0.15, 0.2) is 24.3 Å². The number of hydrogen-bond acceptors (Lipinski definition) is 3. The smallest absolute Gasteiger partial charge is 0.118 e. The highest BCUT2D eigenvalue weighted by Gasteiger charge is 1.96. The molecule has 0 radical (unpaired) electrons. The summed E-state index contributed by atoms with van der Waals surface area (Å²) in [7, 11) is 0. The molecule has 3 N–H and O–H groups in total. The van der Waals surface area contributed by atoms with Gasteiger partial charge in [-0.2, -0.15) is 0 Å². The molecular weight excluding hydrogens is 142 g/mol. The number of phenolic OH excluding ortho intramolecular Hbond substituents is 1. The van der Waals surface area contributed by atoms with E-state index < -0.39 is 0 Å². The average molecular weight is 153 g/mol. The van der Waals surface area contributed by atoms with E-state index in [4.69, 9.17) is 5.21 Å². The molecule has 60 valence electrons. The van der Waals surface area contributed by atoms with Crippen molar-refractivity contribution in [2.75, 3.05) is 6.54 Å². The van der Waals surface area contributed by atoms with Gasteiger partial charge < -0.3 is 10.3 Å². The number of nitrogens with one attached hydrogen (secondary N) is 1. The van der Waals surface area contributed by atoms with Gasteiger partial charge in [-0.05, 0) is 18.1 Å². The van der Waals surface area contributed by atoms with Gasteiger partial charge in [0.05, 0.1) is 0 Å². The van der Waals surface area contributed by atoms with Gasteiger partial charge in [0.25, 0.3) is 0 Å². The fourth-order valence-electron chi connectivity index (χ4n) is 0.913. The zero-order valence-electron chi connectivity index (χ0n) is 6.12. The van der Waals surface area contributed by atoms with Gasteiger partial charge in [-0.15, -0.1) is 0 Å². The summed E-state index contributed by atoms with van der Waals surface area (Å²) in [5.41, 5.74) is 2.87. The van der Waals surface area contributed by atoms with Gasteiger partial charge in [0.15, 0.2) is 0 Å². The molecule has 1 aromatic carbocycles. The van der Waals surface area contributed by atoms with E-state index in [1.807, 2.05) is 17.6 Å². The molecule has 0 aliphatic rings. The lowest BCUT2D eigenvalue weighted by atomic mass is 10.1. The van der Waals surface area contributed by atoms with Gasteiger partial charge in [0.1, 0.15) is 5.75 Å². The van der Waals surface area contributed by atoms with E-state index in [0.29, 0.717) is 13.0 Å². The van der Waals surface area contributed by atoms with Crippen LogP contribution in [0.2, 0.25) is 0 Å². The van der Waals surface area contributed by atoms with E-state index in [1.165, 1.54) is 0 Å². The maximum Gasteiger partial charge on any atom is 0.118 e. The normalized spacial score (nSPS) is 9.91. The predicted octanol–water partition coefficient (Wildman–Crippen LogP) is 0.914. The van der Waals surface area contributed by atoms with Crippen LogP contribution < -0.4 is 5.48 Å². The van der Waals surface area contributed by atoms with E-state index >= 15 is 0 Å². The minimum absolute atomic E-state index is 0.280. The summed E-state index contributed by atoms with van der Waals surface area (Å²) in [4.78, 5) is 0. The van der Waals surface area contributed by atoms with Crippen LogP contribution in [0.5, 0.6) is 5.75 Å². The summed E-state index contributed by atoms with van der Waals surface area (Å²) in [5, 5.41) is 17.5. The number of aromatic hydroxyl groups is 1. The van der Waals surface area contributed by atoms with Crippen LogP contribution in [-0.4, -0.2) is 16.9 Å². The highest BCUT2D eigenvalue weighted by Crippen LogP contribution is 2.15. The molecule has 0 aromatic heterocycles. The summed E-state index contributed by atoms with van der Waals surface area (Å²) in [6, 6.07) is 7.08. The largest absolute Gasteiger partial charge is 0.508 e. The predicted molar refractivity (Wildman–Crippen MR) is 41.6 cm³/mol. The third kappa shape index (κ3) is 2.22. The number of phenols is 1. The fourth-order valence-corrected chi connectivity index (χ4v) is 0.913. The van der Waals surface area contributed by atoms with Crippen LogP contribution in [0.4, 0.5) is 0 Å². The monoisotopic (exact) mass is 153 g/mol. The number of hydroxylamine groups is 1. The molecule has 0 atom stereocenters. The first kappa shape index (κ1) is 8.04. The first-order valence-corrected chi connectivity index (χ1v) is 3.48. The Kier molecular flexibility index (Phi) is 2.89. The Morgan fingerprint density at radius 2 is 2.00 bits per heavy atom. The molecule has 0 amide bonds. The van der Waals surface area contributed by atoms with Crippen LogP contribution in [0.1, 0.15) is 5.56 Å². The van der Waals surface area contributed by atoms with Gasteiger partial charge >= 0.3 is 0 Å². The van der Waals surface area contributed by atoms with E-state index in [-0.39, 0.29) is 5.75 Å². The zero-order valence-corrected chi connectivity index (χ0v) is 6.12. The van der Waals surface area contributed by atoms with Crippen molar-refractivity contribution < 1.29 is 10.3 Å². The standard InChI is InChI=1S/C8H11NO2/c10-8-4-2-1-3-7(8)5-6-9-11/h1-4,9-11H,5-6H2. The van der Waals surface area contributed by atoms with Gasteiger partial charge in [0, 0.05) is 6.54 Å². The van der Waals surface area contributed by atoms with Crippen LogP contribution >= 0.6 is 0 Å². The molecule has 1 aromatic rings. The van der Waals surface area contributed by atoms with Gasteiger partial charge in [-0.3, -0.25) is 0 Å². The second kappa shape index (κ2) is 3.95. The van der Waals surface area contributed by atoms with Crippen molar-refractivity contribution in [3.05, 3.63) is 29.8 Å². The number of rotatable bonds is 3. The van der Waals surface area contributed by atoms with Crippen molar-refractivity contribution in [2.45, 2.75) is 6.42 Å². The Bertz CT molecular complexity index is 225. The molecule has 0 aliphatic carbocycles. The molecule has 3 heteroatoms. The van der Waals surface area contributed by atoms with Crippen molar-refractivity contribution >= 4 is 0 Å². The van der Waals surface area contributed by atoms with Crippen molar-refractivity contribution in [3.8, 4) is 5.75 Å². The van der Waals surface area contributed by atoms with Crippen LogP contribution in [0.3, 0.4) is 0 Å². The molecule has 0 aliphatic heterocycles. The van der Waals surface area contributed by atoms with E-state index in [1.54, 1.807) is 12.1 Å². The first-order chi connectivity index (χ1) is 5.34. The highest BCUT2D eigenvalue weighted by molar-refractivity contribution is 5.31. The van der Waals surface area contributed by atoms with E-state index in [2.05, 4.69) is 0 Å². The lowest BCUT2D eigenvalue weighted by Crippen LogP contribution is -2.11. The van der Waals surface area contributed by atoms with Gasteiger partial charge in [0.2, 0.25) is 0 Å². The van der Waals surface area contributed by atoms with Gasteiger partial charge in [-0.1, -0.05) is 18.2 Å². The van der Waals surface area contributed by atoms with Gasteiger partial charge in [-0.25, -0.2) is 5.48 Å². The molecule has 1 rings (SSSR count). The fraction of sp³-hybridized carbons (Fsp3) is 0.250. The number of para-hydroxylation sites is 1. The second-order valence-electron chi connectivity index (χ2n) is 2.29. The minimum atomic E-state index is 0.280.